The maximum Gasteiger partial charge on any atom is 0.303 e. The average Bonchev–Trinajstić information content (AvgIpc) is 3.22. The van der Waals surface area contributed by atoms with E-state index in [-0.39, 0.29) is 0 Å². The third kappa shape index (κ3) is 71.7. The van der Waals surface area contributed by atoms with Crippen molar-refractivity contribution in [3.8, 4) is 0 Å². The molecule has 5 heteroatoms. The zero-order valence-electron chi connectivity index (χ0n) is 40.9. The van der Waals surface area contributed by atoms with E-state index in [1.165, 1.54) is 270 Å². The van der Waals surface area contributed by atoms with Crippen molar-refractivity contribution in [3.63, 3.8) is 0 Å². The van der Waals surface area contributed by atoms with Crippen molar-refractivity contribution >= 4 is 11.9 Å². The van der Waals surface area contributed by atoms with Gasteiger partial charge < -0.3 is 15.9 Å². The topological polar surface area (TPSA) is 101 Å². The van der Waals surface area contributed by atoms with E-state index in [2.05, 4.69) is 20.8 Å². The van der Waals surface area contributed by atoms with Crippen LogP contribution in [0.2, 0.25) is 0 Å². The molecular weight excluding hydrogens is 727 g/mol. The highest BCUT2D eigenvalue weighted by atomic mass is 16.4. The molecule has 0 atom stereocenters. The molecule has 0 saturated carbocycles. The van der Waals surface area contributed by atoms with E-state index in [1.807, 2.05) is 0 Å². The first kappa shape index (κ1) is 62.2. The molecule has 0 radical (unpaired) electrons. The predicted octanol–water partition coefficient (Wildman–Crippen LogP) is 18.9. The number of hydrogen-bond acceptors (Lipinski definition) is 3. The van der Waals surface area contributed by atoms with Gasteiger partial charge in [0.25, 0.3) is 0 Å². The van der Waals surface area contributed by atoms with Gasteiger partial charge in [0, 0.05) is 12.8 Å². The fourth-order valence-corrected chi connectivity index (χ4v) is 7.99. The summed E-state index contributed by atoms with van der Waals surface area (Å²) in [5.74, 6) is -1.31. The maximum absolute atomic E-state index is 10.3. The number of hydrogen-bond donors (Lipinski definition) is 3. The van der Waals surface area contributed by atoms with Crippen molar-refractivity contribution in [2.45, 2.75) is 329 Å². The molecule has 0 unspecified atom stereocenters. The van der Waals surface area contributed by atoms with Gasteiger partial charge in [0.15, 0.2) is 0 Å². The Kier molecular flexibility index (Phi) is 64.5. The molecule has 0 aliphatic carbocycles. The van der Waals surface area contributed by atoms with Crippen molar-refractivity contribution < 1.29 is 19.8 Å². The summed E-state index contributed by atoms with van der Waals surface area (Å²) in [4.78, 5) is 20.7. The Morgan fingerprint density at radius 2 is 0.390 bits per heavy atom. The average molecular weight is 838 g/mol. The van der Waals surface area contributed by atoms with Gasteiger partial charge in [0.2, 0.25) is 0 Å². The Balaban J connectivity index is -0.000000798. The summed E-state index contributed by atoms with van der Waals surface area (Å²) in [5.41, 5.74) is 5.48. The maximum atomic E-state index is 10.3. The van der Waals surface area contributed by atoms with E-state index in [0.29, 0.717) is 12.8 Å². The van der Waals surface area contributed by atoms with Crippen LogP contribution in [-0.4, -0.2) is 28.7 Å². The molecular formula is C54H111NO4. The summed E-state index contributed by atoms with van der Waals surface area (Å²) in [7, 11) is 0. The zero-order valence-corrected chi connectivity index (χ0v) is 40.9. The Bertz CT molecular complexity index is 684. The third-order valence-corrected chi connectivity index (χ3v) is 12.0. The molecule has 0 aliphatic rings. The Labute approximate surface area is 371 Å². The van der Waals surface area contributed by atoms with Gasteiger partial charge in [-0.15, -0.1) is 0 Å². The van der Waals surface area contributed by atoms with Crippen LogP contribution in [-0.2, 0) is 9.59 Å². The number of nitrogens with two attached hydrogens (primary N) is 1. The van der Waals surface area contributed by atoms with Gasteiger partial charge in [-0.2, -0.15) is 0 Å². The first-order valence-corrected chi connectivity index (χ1v) is 27.1. The zero-order chi connectivity index (χ0) is 43.8. The van der Waals surface area contributed by atoms with Crippen molar-refractivity contribution in [1.82, 2.24) is 0 Å². The minimum absolute atomic E-state index is 0.345. The SMILES string of the molecule is CCCCCCCCCCCCCCCCCC(=O)O.CCCCCCCCCCCCCCCCCC(=O)O.CCCCCCCCCCCCCCCCCCN. The predicted molar refractivity (Wildman–Crippen MR) is 263 cm³/mol. The molecule has 0 aromatic heterocycles. The van der Waals surface area contributed by atoms with Crippen LogP contribution < -0.4 is 5.73 Å². The van der Waals surface area contributed by atoms with Crippen molar-refractivity contribution in [2.75, 3.05) is 6.54 Å². The summed E-state index contributed by atoms with van der Waals surface area (Å²) in [5, 5.41) is 17.0. The quantitative estimate of drug-likeness (QED) is 0.0530. The van der Waals surface area contributed by atoms with Crippen molar-refractivity contribution in [3.05, 3.63) is 0 Å². The lowest BCUT2D eigenvalue weighted by molar-refractivity contribution is -0.138. The summed E-state index contributed by atoms with van der Waals surface area (Å²) in [6, 6.07) is 0. The monoisotopic (exact) mass is 838 g/mol. The second-order valence-corrected chi connectivity index (χ2v) is 18.3. The minimum Gasteiger partial charge on any atom is -0.481 e. The Morgan fingerprint density at radius 1 is 0.254 bits per heavy atom. The van der Waals surface area contributed by atoms with Gasteiger partial charge in [-0.25, -0.2) is 0 Å². The van der Waals surface area contributed by atoms with Gasteiger partial charge in [0.1, 0.15) is 0 Å². The highest BCUT2D eigenvalue weighted by molar-refractivity contribution is 5.66. The van der Waals surface area contributed by atoms with E-state index < -0.39 is 11.9 Å². The van der Waals surface area contributed by atoms with Gasteiger partial charge in [-0.1, -0.05) is 297 Å². The van der Waals surface area contributed by atoms with Gasteiger partial charge in [-0.05, 0) is 25.8 Å². The van der Waals surface area contributed by atoms with Crippen LogP contribution in [0, 0.1) is 0 Å². The molecule has 0 saturated heterocycles. The summed E-state index contributed by atoms with van der Waals surface area (Å²) < 4.78 is 0. The molecule has 0 amide bonds. The van der Waals surface area contributed by atoms with Crippen molar-refractivity contribution in [1.29, 1.82) is 0 Å². The first-order chi connectivity index (χ1) is 29.0. The van der Waals surface area contributed by atoms with E-state index >= 15 is 0 Å². The molecule has 0 aromatic rings. The van der Waals surface area contributed by atoms with Crippen LogP contribution in [0.25, 0.3) is 0 Å². The first-order valence-electron chi connectivity index (χ1n) is 27.1. The van der Waals surface area contributed by atoms with E-state index in [9.17, 15) is 9.59 Å². The lowest BCUT2D eigenvalue weighted by Crippen LogP contribution is -1.97. The Morgan fingerprint density at radius 3 is 0.525 bits per heavy atom. The molecule has 59 heavy (non-hydrogen) atoms. The fraction of sp³-hybridized carbons (Fsp3) is 0.963. The Hall–Kier alpha value is -1.10. The summed E-state index contributed by atoms with van der Waals surface area (Å²) in [6.07, 6.45) is 63.3. The van der Waals surface area contributed by atoms with E-state index in [0.717, 1.165) is 32.2 Å². The highest BCUT2D eigenvalue weighted by Gasteiger charge is 1.99. The lowest BCUT2D eigenvalue weighted by Gasteiger charge is -2.03. The third-order valence-electron chi connectivity index (χ3n) is 12.0. The van der Waals surface area contributed by atoms with E-state index in [4.69, 9.17) is 15.9 Å². The number of unbranched alkanes of at least 4 members (excludes halogenated alkanes) is 43. The molecule has 0 aromatic carbocycles. The number of carboxylic acid groups (broad SMARTS) is 2. The second kappa shape index (κ2) is 61.2. The van der Waals surface area contributed by atoms with Crippen LogP contribution in [0.1, 0.15) is 329 Å². The smallest absolute Gasteiger partial charge is 0.303 e. The van der Waals surface area contributed by atoms with E-state index in [1.54, 1.807) is 0 Å². The van der Waals surface area contributed by atoms with Crippen LogP contribution >= 0.6 is 0 Å². The molecule has 0 aliphatic heterocycles. The normalized spacial score (nSPS) is 10.9. The number of carbonyl (C=O) groups is 2. The molecule has 0 bridgehead atoms. The van der Waals surface area contributed by atoms with Gasteiger partial charge >= 0.3 is 11.9 Å². The van der Waals surface area contributed by atoms with Crippen molar-refractivity contribution in [2.24, 2.45) is 5.73 Å². The molecule has 0 rings (SSSR count). The van der Waals surface area contributed by atoms with Gasteiger partial charge in [0.05, 0.1) is 0 Å². The highest BCUT2D eigenvalue weighted by Crippen LogP contribution is 2.16. The number of carboxylic acids is 2. The summed E-state index contributed by atoms with van der Waals surface area (Å²) in [6.45, 7) is 7.70. The standard InChI is InChI=1S/C18H39N.2C18H36O2/c1-2-3-4-5-6-7-8-9-10-11-12-13-14-15-16-17-18-19;2*1-2-3-4-5-6-7-8-9-10-11-12-13-14-15-16-17-18(19)20/h2-19H2,1H3;2*2-17H2,1H3,(H,19,20). The molecule has 4 N–H and O–H groups in total. The summed E-state index contributed by atoms with van der Waals surface area (Å²) >= 11 is 0. The van der Waals surface area contributed by atoms with Gasteiger partial charge in [-0.3, -0.25) is 9.59 Å². The number of rotatable bonds is 48. The minimum atomic E-state index is -0.653. The van der Waals surface area contributed by atoms with Crippen LogP contribution in [0.4, 0.5) is 0 Å². The lowest BCUT2D eigenvalue weighted by atomic mass is 10.0. The van der Waals surface area contributed by atoms with Crippen LogP contribution in [0.5, 0.6) is 0 Å². The number of aliphatic carboxylic acids is 2. The molecule has 0 heterocycles. The van der Waals surface area contributed by atoms with Crippen LogP contribution in [0.3, 0.4) is 0 Å². The van der Waals surface area contributed by atoms with Crippen LogP contribution in [0.15, 0.2) is 0 Å². The molecule has 0 fully saturated rings. The molecule has 5 nitrogen and oxygen atoms in total. The molecule has 0 spiro atoms. The fourth-order valence-electron chi connectivity index (χ4n) is 7.99. The largest absolute Gasteiger partial charge is 0.481 e. The second-order valence-electron chi connectivity index (χ2n) is 18.3. The molecule has 356 valence electrons.